The molecular formula is C43H54F3N7O5. The number of halogens is 3. The molecular weight excluding hydrogens is 752 g/mol. The van der Waals surface area contributed by atoms with E-state index in [1.807, 2.05) is 27.7 Å². The van der Waals surface area contributed by atoms with Gasteiger partial charge in [0.25, 0.3) is 5.92 Å². The second kappa shape index (κ2) is 18.9. The predicted octanol–water partition coefficient (Wildman–Crippen LogP) is 8.00. The molecule has 1 aliphatic rings. The molecule has 2 heterocycles. The number of fused-ring (bicyclic) bond motifs is 3. The summed E-state index contributed by atoms with van der Waals surface area (Å²) >= 11 is 0. The minimum Gasteiger partial charge on any atom is -0.405 e. The molecule has 0 spiro atoms. The predicted molar refractivity (Wildman–Crippen MR) is 215 cm³/mol. The fourth-order valence-corrected chi connectivity index (χ4v) is 7.70. The van der Waals surface area contributed by atoms with E-state index < -0.39 is 41.2 Å². The van der Waals surface area contributed by atoms with Crippen molar-refractivity contribution in [2.75, 3.05) is 11.9 Å². The summed E-state index contributed by atoms with van der Waals surface area (Å²) in [4.78, 5) is 57.1. The topological polar surface area (TPSA) is 171 Å². The molecule has 2 aromatic heterocycles. The summed E-state index contributed by atoms with van der Waals surface area (Å²) in [7, 11) is 0. The largest absolute Gasteiger partial charge is 0.405 e. The smallest absolute Gasteiger partial charge is 0.323 e. The van der Waals surface area contributed by atoms with Crippen molar-refractivity contribution >= 4 is 40.5 Å². The van der Waals surface area contributed by atoms with Gasteiger partial charge in [0.05, 0.1) is 23.4 Å². The van der Waals surface area contributed by atoms with E-state index in [0.29, 0.717) is 43.7 Å². The minimum atomic E-state index is -3.29. The highest BCUT2D eigenvalue weighted by Gasteiger charge is 2.45. The van der Waals surface area contributed by atoms with Gasteiger partial charge in [-0.3, -0.25) is 19.7 Å². The summed E-state index contributed by atoms with van der Waals surface area (Å²) in [6.45, 7) is 13.1. The van der Waals surface area contributed by atoms with E-state index in [4.69, 9.17) is 4.42 Å². The van der Waals surface area contributed by atoms with Gasteiger partial charge >= 0.3 is 12.0 Å². The van der Waals surface area contributed by atoms with Crippen molar-refractivity contribution in [2.45, 2.75) is 110 Å². The number of aromatic amines is 1. The van der Waals surface area contributed by atoms with Gasteiger partial charge in [-0.1, -0.05) is 88.6 Å². The number of hydrogen-bond acceptors (Lipinski definition) is 7. The SMILES string of the molecule is C=CC(F)(F)c1cccc2c3c([nH]c12)CC[C@@](CCCC(=O)[C@@H](NC(=O)Cc1ccccc1F)C(C)CC)(C(=O)N[C@H](c1nnc(NC(=O)NCC)o1)C(C)CC)C3. The fourth-order valence-electron chi connectivity index (χ4n) is 7.70. The number of H-pyrrole nitrogens is 1. The number of urea groups is 1. The molecule has 2 unspecified atom stereocenters. The molecule has 5 rings (SSSR count). The quantitative estimate of drug-likeness (QED) is 0.0598. The molecule has 5 N–H and O–H groups in total. The highest BCUT2D eigenvalue weighted by molar-refractivity contribution is 5.92. The van der Waals surface area contributed by atoms with Gasteiger partial charge in [-0.05, 0) is 74.1 Å². The number of nitrogens with one attached hydrogen (secondary N) is 5. The molecule has 4 amide bonds. The summed E-state index contributed by atoms with van der Waals surface area (Å²) in [6.07, 6.45) is 3.13. The van der Waals surface area contributed by atoms with Crippen LogP contribution in [0.1, 0.15) is 107 Å². The number of rotatable bonds is 19. The number of benzene rings is 2. The molecule has 5 atom stereocenters. The van der Waals surface area contributed by atoms with Crippen LogP contribution in [0, 0.1) is 23.1 Å². The third-order valence-corrected chi connectivity index (χ3v) is 11.5. The van der Waals surface area contributed by atoms with Gasteiger partial charge in [0, 0.05) is 29.6 Å². The Morgan fingerprint density at radius 2 is 1.76 bits per heavy atom. The third kappa shape index (κ3) is 9.79. The maximum Gasteiger partial charge on any atom is 0.323 e. The van der Waals surface area contributed by atoms with Crippen molar-refractivity contribution in [3.8, 4) is 0 Å². The molecule has 58 heavy (non-hydrogen) atoms. The molecule has 4 aromatic rings. The van der Waals surface area contributed by atoms with Crippen molar-refractivity contribution in [3.05, 3.63) is 89.2 Å². The maximum atomic E-state index is 15.1. The van der Waals surface area contributed by atoms with Gasteiger partial charge in [0.1, 0.15) is 11.9 Å². The number of aryl methyl sites for hydroxylation is 1. The Morgan fingerprint density at radius 3 is 2.45 bits per heavy atom. The Morgan fingerprint density at radius 1 is 1.02 bits per heavy atom. The molecule has 2 aromatic carbocycles. The third-order valence-electron chi connectivity index (χ3n) is 11.5. The van der Waals surface area contributed by atoms with Crippen molar-refractivity contribution in [1.82, 2.24) is 31.1 Å². The second-order valence-corrected chi connectivity index (χ2v) is 15.4. The number of allylic oxidation sites excluding steroid dienone is 1. The lowest BCUT2D eigenvalue weighted by Gasteiger charge is -2.38. The number of anilines is 1. The number of para-hydroxylation sites is 1. The highest BCUT2D eigenvalue weighted by Crippen LogP contribution is 2.45. The van der Waals surface area contributed by atoms with E-state index in [2.05, 4.69) is 43.0 Å². The van der Waals surface area contributed by atoms with Crippen LogP contribution < -0.4 is 21.3 Å². The van der Waals surface area contributed by atoms with Crippen molar-refractivity contribution in [1.29, 1.82) is 0 Å². The van der Waals surface area contributed by atoms with Crippen LogP contribution in [0.2, 0.25) is 0 Å². The van der Waals surface area contributed by atoms with Crippen molar-refractivity contribution in [2.24, 2.45) is 17.3 Å². The van der Waals surface area contributed by atoms with Crippen LogP contribution in [0.5, 0.6) is 0 Å². The van der Waals surface area contributed by atoms with Crippen LogP contribution in [-0.4, -0.2) is 51.4 Å². The van der Waals surface area contributed by atoms with Gasteiger partial charge in [-0.25, -0.2) is 9.18 Å². The number of hydrogen-bond donors (Lipinski definition) is 5. The molecule has 15 heteroatoms. The van der Waals surface area contributed by atoms with E-state index in [1.54, 1.807) is 31.2 Å². The molecule has 0 fully saturated rings. The number of carbonyl (C=O) groups excluding carboxylic acids is 4. The normalized spacial score (nSPS) is 17.4. The zero-order valence-corrected chi connectivity index (χ0v) is 33.8. The zero-order valence-electron chi connectivity index (χ0n) is 33.8. The Labute approximate surface area is 336 Å². The minimum absolute atomic E-state index is 0.0494. The van der Waals surface area contributed by atoms with Gasteiger partial charge < -0.3 is 25.4 Å². The number of nitrogens with zero attached hydrogens (tertiary/aromatic N) is 2. The first kappa shape index (κ1) is 43.6. The Kier molecular flexibility index (Phi) is 14.2. The monoisotopic (exact) mass is 805 g/mol. The van der Waals surface area contributed by atoms with Gasteiger partial charge in [-0.2, -0.15) is 8.78 Å². The first-order valence-electron chi connectivity index (χ1n) is 20.1. The molecule has 0 saturated carbocycles. The van der Waals surface area contributed by atoms with Crippen LogP contribution >= 0.6 is 0 Å². The number of alkyl halides is 2. The standard InChI is InChI=1S/C43H54F3N7O5/c1-7-25(5)35(49-34(55)23-27-15-11-12-18-31(27)44)33(54)19-14-21-42(22-20-32-29(24-42)28-16-13-17-30(37(28)48-32)43(45,46)9-3)39(56)50-36(26(6)8-2)38-52-53-41(58-38)51-40(57)47-10-4/h9,11-13,15-18,25-26,35-36,48H,3,7-8,10,14,19-24H2,1-2,4-6H3,(H,49,55)(H,50,56)(H2,47,51,53,57)/t25?,26?,35-,36-,42+/m0/s1. The maximum absolute atomic E-state index is 15.1. The van der Waals surface area contributed by atoms with E-state index in [-0.39, 0.29) is 84.2 Å². The van der Waals surface area contributed by atoms with Gasteiger partial charge in [0.15, 0.2) is 5.78 Å². The summed E-state index contributed by atoms with van der Waals surface area (Å²) < 4.78 is 50.3. The molecule has 12 nitrogen and oxygen atoms in total. The lowest BCUT2D eigenvalue weighted by Crippen LogP contribution is -2.47. The average Bonchev–Trinajstić information content (AvgIpc) is 3.83. The Balaban J connectivity index is 1.43. The average molecular weight is 806 g/mol. The van der Waals surface area contributed by atoms with E-state index in [0.717, 1.165) is 11.3 Å². The summed E-state index contributed by atoms with van der Waals surface area (Å²) in [5.41, 5.74) is 0.701. The van der Waals surface area contributed by atoms with Gasteiger partial charge in [-0.15, -0.1) is 5.10 Å². The molecule has 1 aliphatic carbocycles. The molecule has 0 saturated heterocycles. The summed E-state index contributed by atoms with van der Waals surface area (Å²) in [5, 5.41) is 19.8. The zero-order chi connectivity index (χ0) is 42.2. The lowest BCUT2D eigenvalue weighted by atomic mass is 9.68. The lowest BCUT2D eigenvalue weighted by molar-refractivity contribution is -0.134. The number of ketones is 1. The van der Waals surface area contributed by atoms with Crippen LogP contribution in [0.4, 0.5) is 24.0 Å². The van der Waals surface area contributed by atoms with Crippen molar-refractivity contribution in [3.63, 3.8) is 0 Å². The Bertz CT molecular complexity index is 2120. The molecule has 0 aliphatic heterocycles. The number of Topliss-reactive ketones (excluding diaryl/α,β-unsaturated/α-hetero) is 1. The van der Waals surface area contributed by atoms with Crippen LogP contribution in [0.25, 0.3) is 10.9 Å². The molecule has 0 bridgehead atoms. The van der Waals surface area contributed by atoms with E-state index >= 15 is 8.78 Å². The van der Waals surface area contributed by atoms with E-state index in [1.165, 1.54) is 18.2 Å². The molecule has 312 valence electrons. The fraction of sp³-hybridized carbons (Fsp3) is 0.488. The second-order valence-electron chi connectivity index (χ2n) is 15.4. The van der Waals surface area contributed by atoms with Crippen LogP contribution in [0.3, 0.4) is 0 Å². The summed E-state index contributed by atoms with van der Waals surface area (Å²) in [6, 6.07) is 8.45. The first-order chi connectivity index (χ1) is 27.7. The number of carbonyl (C=O) groups is 4. The highest BCUT2D eigenvalue weighted by atomic mass is 19.3. The Hall–Kier alpha value is -5.47. The van der Waals surface area contributed by atoms with Crippen molar-refractivity contribution < 1.29 is 36.8 Å². The number of aromatic nitrogens is 3. The summed E-state index contributed by atoms with van der Waals surface area (Å²) in [5.74, 6) is -5.09. The van der Waals surface area contributed by atoms with E-state index in [9.17, 15) is 23.6 Å². The molecule has 0 radical (unpaired) electrons. The number of amides is 4. The van der Waals surface area contributed by atoms with Crippen LogP contribution in [-0.2, 0) is 39.6 Å². The van der Waals surface area contributed by atoms with Crippen LogP contribution in [0.15, 0.2) is 59.5 Å². The first-order valence-corrected chi connectivity index (χ1v) is 20.1. The van der Waals surface area contributed by atoms with Gasteiger partial charge in [0.2, 0.25) is 17.7 Å².